The lowest BCUT2D eigenvalue weighted by Gasteiger charge is -2.07. The van der Waals surface area contributed by atoms with Crippen molar-refractivity contribution >= 4 is 11.4 Å². The van der Waals surface area contributed by atoms with E-state index in [1.807, 2.05) is 12.1 Å². The minimum Gasteiger partial charge on any atom is -0.495 e. The summed E-state index contributed by atoms with van der Waals surface area (Å²) in [4.78, 5) is 4.11. The first kappa shape index (κ1) is 11.1. The van der Waals surface area contributed by atoms with Gasteiger partial charge in [0, 0.05) is 12.6 Å². The first-order valence-electron chi connectivity index (χ1n) is 4.52. The summed E-state index contributed by atoms with van der Waals surface area (Å²) in [6, 6.07) is 5.49. The van der Waals surface area contributed by atoms with E-state index in [9.17, 15) is 0 Å². The predicted molar refractivity (Wildman–Crippen MR) is 63.2 cm³/mol. The topological polar surface area (TPSA) is 73.6 Å². The molecule has 0 saturated carbocycles. The lowest BCUT2D eigenvalue weighted by molar-refractivity contribution is 0.417. The fourth-order valence-electron chi connectivity index (χ4n) is 1.26. The second-order valence-corrected chi connectivity index (χ2v) is 2.92. The summed E-state index contributed by atoms with van der Waals surface area (Å²) in [7, 11) is 3.29. The molecule has 0 amide bonds. The summed E-state index contributed by atoms with van der Waals surface area (Å²) in [5.41, 5.74) is 13.3. The van der Waals surface area contributed by atoms with Crippen molar-refractivity contribution < 1.29 is 4.74 Å². The number of allylic oxidation sites excluding steroid dienone is 1. The van der Waals surface area contributed by atoms with Gasteiger partial charge in [0.05, 0.1) is 18.5 Å². The van der Waals surface area contributed by atoms with Crippen LogP contribution in [0.5, 0.6) is 5.75 Å². The van der Waals surface area contributed by atoms with Gasteiger partial charge in [-0.3, -0.25) is 4.99 Å². The first-order chi connectivity index (χ1) is 7.22. The van der Waals surface area contributed by atoms with E-state index in [1.54, 1.807) is 26.3 Å². The summed E-state index contributed by atoms with van der Waals surface area (Å²) >= 11 is 0. The summed E-state index contributed by atoms with van der Waals surface area (Å²) in [5, 5.41) is 0. The van der Waals surface area contributed by atoms with Crippen LogP contribution in [0.1, 0.15) is 5.56 Å². The third-order valence-corrected chi connectivity index (χ3v) is 2.02. The molecule has 4 heteroatoms. The Morgan fingerprint density at radius 3 is 2.73 bits per heavy atom. The second-order valence-electron chi connectivity index (χ2n) is 2.92. The number of anilines is 1. The Bertz CT molecular complexity index is 397. The Kier molecular flexibility index (Phi) is 3.74. The Morgan fingerprint density at radius 2 is 2.20 bits per heavy atom. The molecule has 0 unspecified atom stereocenters. The molecule has 0 aromatic heterocycles. The Morgan fingerprint density at radius 1 is 1.47 bits per heavy atom. The Hall–Kier alpha value is -1.97. The molecular formula is C11H15N3O. The molecule has 0 radical (unpaired) electrons. The number of nitrogens with two attached hydrogens (primary N) is 2. The summed E-state index contributed by atoms with van der Waals surface area (Å²) in [6.07, 6.45) is 3.18. The van der Waals surface area contributed by atoms with E-state index >= 15 is 0 Å². The quantitative estimate of drug-likeness (QED) is 0.574. The molecule has 1 aromatic rings. The van der Waals surface area contributed by atoms with Gasteiger partial charge in [0.25, 0.3) is 0 Å². The van der Waals surface area contributed by atoms with Crippen LogP contribution in [-0.4, -0.2) is 19.9 Å². The second kappa shape index (κ2) is 5.05. The van der Waals surface area contributed by atoms with Gasteiger partial charge in [0.1, 0.15) is 5.75 Å². The first-order valence-corrected chi connectivity index (χ1v) is 4.52. The largest absolute Gasteiger partial charge is 0.495 e. The van der Waals surface area contributed by atoms with Gasteiger partial charge in [0.2, 0.25) is 0 Å². The Labute approximate surface area is 89.3 Å². The van der Waals surface area contributed by atoms with Gasteiger partial charge in [-0.1, -0.05) is 6.07 Å². The number of benzene rings is 1. The van der Waals surface area contributed by atoms with Crippen molar-refractivity contribution in [3.8, 4) is 5.75 Å². The monoisotopic (exact) mass is 205 g/mol. The van der Waals surface area contributed by atoms with E-state index < -0.39 is 0 Å². The van der Waals surface area contributed by atoms with Crippen LogP contribution in [0.3, 0.4) is 0 Å². The molecule has 4 N–H and O–H groups in total. The maximum atomic E-state index is 5.71. The molecule has 0 saturated heterocycles. The van der Waals surface area contributed by atoms with Crippen LogP contribution in [0.2, 0.25) is 0 Å². The van der Waals surface area contributed by atoms with Crippen molar-refractivity contribution in [2.24, 2.45) is 10.7 Å². The van der Waals surface area contributed by atoms with Crippen molar-refractivity contribution in [1.82, 2.24) is 0 Å². The standard InChI is InChI=1S/C11H15N3O/c1-14-10(5-6-12)8-3-4-9(13)11(7-8)15-2/h3-7H,12-13H2,1-2H3. The number of methoxy groups -OCH3 is 1. The number of nitrogen functional groups attached to an aromatic ring is 1. The minimum absolute atomic E-state index is 0.605. The molecule has 0 spiro atoms. The number of hydrogen-bond acceptors (Lipinski definition) is 4. The molecule has 1 rings (SSSR count). The van der Waals surface area contributed by atoms with Crippen LogP contribution in [0.15, 0.2) is 35.5 Å². The molecular weight excluding hydrogens is 190 g/mol. The third kappa shape index (κ3) is 2.49. The maximum absolute atomic E-state index is 5.71. The lowest BCUT2D eigenvalue weighted by Crippen LogP contribution is -2.00. The molecule has 0 aliphatic rings. The number of ether oxygens (including phenoxy) is 1. The van der Waals surface area contributed by atoms with E-state index in [0.29, 0.717) is 11.4 Å². The van der Waals surface area contributed by atoms with E-state index in [-0.39, 0.29) is 0 Å². The van der Waals surface area contributed by atoms with Crippen molar-refractivity contribution in [2.75, 3.05) is 19.9 Å². The van der Waals surface area contributed by atoms with Crippen LogP contribution < -0.4 is 16.2 Å². The molecule has 0 aliphatic carbocycles. The van der Waals surface area contributed by atoms with Crippen LogP contribution in [0, 0.1) is 0 Å². The summed E-state index contributed by atoms with van der Waals surface area (Å²) in [5.74, 6) is 0.638. The van der Waals surface area contributed by atoms with Gasteiger partial charge in [-0.15, -0.1) is 0 Å². The fraction of sp³-hybridized carbons (Fsp3) is 0.182. The molecule has 0 fully saturated rings. The van der Waals surface area contributed by atoms with E-state index in [0.717, 1.165) is 11.3 Å². The third-order valence-electron chi connectivity index (χ3n) is 2.02. The van der Waals surface area contributed by atoms with Crippen molar-refractivity contribution in [1.29, 1.82) is 0 Å². The van der Waals surface area contributed by atoms with Crippen LogP contribution >= 0.6 is 0 Å². The molecule has 15 heavy (non-hydrogen) atoms. The highest BCUT2D eigenvalue weighted by molar-refractivity contribution is 6.09. The summed E-state index contributed by atoms with van der Waals surface area (Å²) < 4.78 is 5.12. The van der Waals surface area contributed by atoms with E-state index in [2.05, 4.69) is 4.99 Å². The number of rotatable bonds is 3. The molecule has 80 valence electrons. The molecule has 0 heterocycles. The maximum Gasteiger partial charge on any atom is 0.142 e. The van der Waals surface area contributed by atoms with Crippen LogP contribution in [0.4, 0.5) is 5.69 Å². The van der Waals surface area contributed by atoms with Crippen LogP contribution in [0.25, 0.3) is 0 Å². The lowest BCUT2D eigenvalue weighted by atomic mass is 10.1. The van der Waals surface area contributed by atoms with E-state index in [1.165, 1.54) is 6.20 Å². The number of nitrogens with zero attached hydrogens (tertiary/aromatic N) is 1. The highest BCUT2D eigenvalue weighted by atomic mass is 16.5. The van der Waals surface area contributed by atoms with Gasteiger partial charge in [-0.2, -0.15) is 0 Å². The normalized spacial score (nSPS) is 12.0. The molecule has 1 aromatic carbocycles. The summed E-state index contributed by atoms with van der Waals surface area (Å²) in [6.45, 7) is 0. The molecule has 4 nitrogen and oxygen atoms in total. The Balaban J connectivity index is 3.15. The van der Waals surface area contributed by atoms with Gasteiger partial charge in [-0.05, 0) is 24.4 Å². The fourth-order valence-corrected chi connectivity index (χ4v) is 1.26. The average molecular weight is 205 g/mol. The zero-order valence-corrected chi connectivity index (χ0v) is 8.90. The molecule has 0 aliphatic heterocycles. The predicted octanol–water partition coefficient (Wildman–Crippen LogP) is 1.17. The zero-order chi connectivity index (χ0) is 11.3. The van der Waals surface area contributed by atoms with Gasteiger partial charge in [-0.25, -0.2) is 0 Å². The van der Waals surface area contributed by atoms with Gasteiger partial charge >= 0.3 is 0 Å². The zero-order valence-electron chi connectivity index (χ0n) is 8.90. The minimum atomic E-state index is 0.605. The average Bonchev–Trinajstić information content (AvgIpc) is 2.27. The molecule has 0 atom stereocenters. The van der Waals surface area contributed by atoms with Crippen molar-refractivity contribution in [3.05, 3.63) is 36.0 Å². The number of aliphatic imine (C=N–C) groups is 1. The smallest absolute Gasteiger partial charge is 0.142 e. The number of hydrogen-bond donors (Lipinski definition) is 2. The van der Waals surface area contributed by atoms with Crippen LogP contribution in [-0.2, 0) is 0 Å². The van der Waals surface area contributed by atoms with E-state index in [4.69, 9.17) is 16.2 Å². The molecule has 0 bridgehead atoms. The van der Waals surface area contributed by atoms with Gasteiger partial charge in [0.15, 0.2) is 0 Å². The highest BCUT2D eigenvalue weighted by Gasteiger charge is 2.03. The SMILES string of the molecule is CN=C(C=CN)c1ccc(N)c(OC)c1. The van der Waals surface area contributed by atoms with Crippen molar-refractivity contribution in [2.45, 2.75) is 0 Å². The van der Waals surface area contributed by atoms with Crippen molar-refractivity contribution in [3.63, 3.8) is 0 Å². The van der Waals surface area contributed by atoms with Gasteiger partial charge < -0.3 is 16.2 Å². The highest BCUT2D eigenvalue weighted by Crippen LogP contribution is 2.22.